The number of esters is 1. The smallest absolute Gasteiger partial charge is 0.305 e. The second kappa shape index (κ2) is 9.18. The first-order valence-corrected chi connectivity index (χ1v) is 12.2. The molecule has 0 atom stereocenters. The van der Waals surface area contributed by atoms with E-state index in [1.807, 2.05) is 0 Å². The zero-order chi connectivity index (χ0) is 20.1. The van der Waals surface area contributed by atoms with Gasteiger partial charge in [0.1, 0.15) is 0 Å². The number of hydrogen-bond donors (Lipinski definition) is 2. The third-order valence-electron chi connectivity index (χ3n) is 4.70. The standard InChI is InChI=1S/C9H16O5S.C6H11ClO3S/c1-2-8(10)14-6-5-9(3-4-9)7-15(11,12)13;7-4-3-6(1-2-6)5-11(8,9)10/h2-7H2,1H3,(H,11,12,13);1-5H2,(H,8,9,10). The molecule has 2 fully saturated rings. The van der Waals surface area contributed by atoms with E-state index in [1.165, 1.54) is 0 Å². The Labute approximate surface area is 160 Å². The Morgan fingerprint density at radius 1 is 0.962 bits per heavy atom. The van der Waals surface area contributed by atoms with E-state index in [1.54, 1.807) is 6.92 Å². The third kappa shape index (κ3) is 10.1. The van der Waals surface area contributed by atoms with Crippen LogP contribution in [-0.2, 0) is 29.8 Å². The molecule has 0 heterocycles. The number of carbonyl (C=O) groups is 1. The maximum Gasteiger partial charge on any atom is 0.305 e. The average Bonchev–Trinajstić information content (AvgIpc) is 3.37. The van der Waals surface area contributed by atoms with Crippen LogP contribution in [0.25, 0.3) is 0 Å². The summed E-state index contributed by atoms with van der Waals surface area (Å²) in [5, 5.41) is 0. The van der Waals surface area contributed by atoms with Crippen molar-refractivity contribution in [3.05, 3.63) is 0 Å². The Hall–Kier alpha value is -0.420. The van der Waals surface area contributed by atoms with Gasteiger partial charge >= 0.3 is 5.97 Å². The summed E-state index contributed by atoms with van der Waals surface area (Å²) in [6, 6.07) is 0. The van der Waals surface area contributed by atoms with Crippen molar-refractivity contribution < 1.29 is 35.5 Å². The number of carbonyl (C=O) groups excluding carboxylic acids is 1. The van der Waals surface area contributed by atoms with Gasteiger partial charge in [-0.3, -0.25) is 13.9 Å². The van der Waals surface area contributed by atoms with Crippen molar-refractivity contribution in [2.24, 2.45) is 10.8 Å². The molecule has 0 aromatic rings. The minimum atomic E-state index is -3.92. The second-order valence-electron chi connectivity index (χ2n) is 7.22. The van der Waals surface area contributed by atoms with Crippen LogP contribution in [0.1, 0.15) is 51.9 Å². The van der Waals surface area contributed by atoms with Crippen LogP contribution < -0.4 is 0 Å². The van der Waals surface area contributed by atoms with E-state index in [4.69, 9.17) is 25.4 Å². The molecule has 0 aromatic carbocycles. The molecule has 2 aliphatic carbocycles. The average molecular weight is 435 g/mol. The van der Waals surface area contributed by atoms with Crippen LogP contribution in [0.3, 0.4) is 0 Å². The van der Waals surface area contributed by atoms with Gasteiger partial charge < -0.3 is 4.74 Å². The molecular formula is C15H27ClO8S2. The molecule has 0 aromatic heterocycles. The summed E-state index contributed by atoms with van der Waals surface area (Å²) < 4.78 is 64.5. The highest BCUT2D eigenvalue weighted by Gasteiger charge is 2.46. The van der Waals surface area contributed by atoms with E-state index in [0.717, 1.165) is 25.7 Å². The fourth-order valence-electron chi connectivity index (χ4n) is 2.74. The first kappa shape index (κ1) is 23.6. The first-order valence-electron chi connectivity index (χ1n) is 8.46. The Bertz CT molecular complexity index is 678. The van der Waals surface area contributed by atoms with Gasteiger partial charge in [0.2, 0.25) is 0 Å². The van der Waals surface area contributed by atoms with Gasteiger partial charge in [-0.2, -0.15) is 16.8 Å². The van der Waals surface area contributed by atoms with Gasteiger partial charge in [-0.1, -0.05) is 6.92 Å². The molecule has 0 unspecified atom stereocenters. The molecule has 0 amide bonds. The predicted molar refractivity (Wildman–Crippen MR) is 97.4 cm³/mol. The predicted octanol–water partition coefficient (Wildman–Crippen LogP) is 2.28. The van der Waals surface area contributed by atoms with Crippen LogP contribution in [0, 0.1) is 10.8 Å². The molecule has 0 saturated heterocycles. The van der Waals surface area contributed by atoms with E-state index < -0.39 is 20.2 Å². The summed E-state index contributed by atoms with van der Waals surface area (Å²) in [5.74, 6) is -0.149. The van der Waals surface area contributed by atoms with E-state index >= 15 is 0 Å². The third-order valence-corrected chi connectivity index (χ3v) is 6.84. The molecule has 8 nitrogen and oxygen atoms in total. The van der Waals surface area contributed by atoms with Crippen molar-refractivity contribution in [1.82, 2.24) is 0 Å². The normalized spacial score (nSPS) is 19.8. The molecule has 2 N–H and O–H groups in total. The molecule has 154 valence electrons. The Balaban J connectivity index is 0.000000273. The van der Waals surface area contributed by atoms with Gasteiger partial charge in [-0.05, 0) is 49.4 Å². The topological polar surface area (TPSA) is 135 Å². The SMILES string of the molecule is CCC(=O)OCCC1(CS(=O)(=O)O)CC1.O=S(=O)(O)CC1(CCCl)CC1. The lowest BCUT2D eigenvalue weighted by Crippen LogP contribution is -2.19. The number of halogens is 1. The monoisotopic (exact) mass is 434 g/mol. The lowest BCUT2D eigenvalue weighted by molar-refractivity contribution is -0.143. The van der Waals surface area contributed by atoms with Crippen molar-refractivity contribution in [2.45, 2.75) is 51.9 Å². The van der Waals surface area contributed by atoms with Gasteiger partial charge in [0.05, 0.1) is 18.1 Å². The molecular weight excluding hydrogens is 408 g/mol. The maximum absolute atomic E-state index is 10.8. The van der Waals surface area contributed by atoms with E-state index in [0.29, 0.717) is 25.1 Å². The molecule has 11 heteroatoms. The van der Waals surface area contributed by atoms with Gasteiger partial charge in [0, 0.05) is 12.3 Å². The van der Waals surface area contributed by atoms with Crippen molar-refractivity contribution >= 4 is 37.8 Å². The van der Waals surface area contributed by atoms with Crippen LogP contribution in [0.5, 0.6) is 0 Å². The second-order valence-corrected chi connectivity index (χ2v) is 10.5. The number of rotatable bonds is 10. The molecule has 2 rings (SSSR count). The van der Waals surface area contributed by atoms with Crippen molar-refractivity contribution in [2.75, 3.05) is 24.0 Å². The minimum absolute atomic E-state index is 0.118. The van der Waals surface area contributed by atoms with Crippen LogP contribution in [-0.4, -0.2) is 55.9 Å². The summed E-state index contributed by atoms with van der Waals surface area (Å²) in [4.78, 5) is 10.8. The fraction of sp³-hybridized carbons (Fsp3) is 0.933. The van der Waals surface area contributed by atoms with Crippen molar-refractivity contribution in [3.63, 3.8) is 0 Å². The largest absolute Gasteiger partial charge is 0.466 e. The zero-order valence-corrected chi connectivity index (χ0v) is 17.2. The quantitative estimate of drug-likeness (QED) is 0.303. The lowest BCUT2D eigenvalue weighted by atomic mass is 10.1. The van der Waals surface area contributed by atoms with Crippen molar-refractivity contribution in [1.29, 1.82) is 0 Å². The van der Waals surface area contributed by atoms with Crippen LogP contribution in [0.2, 0.25) is 0 Å². The fourth-order valence-corrected chi connectivity index (χ4v) is 5.56. The highest BCUT2D eigenvalue weighted by Crippen LogP contribution is 2.50. The zero-order valence-electron chi connectivity index (χ0n) is 14.8. The molecule has 0 radical (unpaired) electrons. The summed E-state index contributed by atoms with van der Waals surface area (Å²) in [5.41, 5.74) is -0.531. The highest BCUT2D eigenvalue weighted by atomic mass is 35.5. The van der Waals surface area contributed by atoms with Gasteiger partial charge in [0.15, 0.2) is 0 Å². The van der Waals surface area contributed by atoms with Crippen LogP contribution in [0.4, 0.5) is 0 Å². The van der Waals surface area contributed by atoms with Crippen LogP contribution in [0.15, 0.2) is 0 Å². The van der Waals surface area contributed by atoms with Gasteiger partial charge in [-0.25, -0.2) is 0 Å². The Kier molecular flexibility index (Phi) is 8.34. The molecule has 2 aliphatic rings. The summed E-state index contributed by atoms with van der Waals surface area (Å²) >= 11 is 5.48. The number of hydrogen-bond acceptors (Lipinski definition) is 6. The molecule has 0 bridgehead atoms. The molecule has 26 heavy (non-hydrogen) atoms. The highest BCUT2D eigenvalue weighted by molar-refractivity contribution is 7.86. The molecule has 0 spiro atoms. The van der Waals surface area contributed by atoms with Gasteiger partial charge in [0.25, 0.3) is 20.2 Å². The lowest BCUT2D eigenvalue weighted by Gasteiger charge is -2.12. The Morgan fingerprint density at radius 3 is 1.69 bits per heavy atom. The summed E-state index contributed by atoms with van der Waals surface area (Å²) in [7, 11) is -7.72. The molecule has 2 saturated carbocycles. The number of ether oxygens (including phenoxy) is 1. The first-order chi connectivity index (χ1) is 11.8. The Morgan fingerprint density at radius 2 is 1.38 bits per heavy atom. The van der Waals surface area contributed by atoms with E-state index in [9.17, 15) is 21.6 Å². The minimum Gasteiger partial charge on any atom is -0.466 e. The summed E-state index contributed by atoms with van der Waals surface area (Å²) in [6.45, 7) is 1.94. The summed E-state index contributed by atoms with van der Waals surface area (Å²) in [6.07, 6.45) is 4.82. The van der Waals surface area contributed by atoms with Crippen molar-refractivity contribution in [3.8, 4) is 0 Å². The van der Waals surface area contributed by atoms with E-state index in [2.05, 4.69) is 0 Å². The maximum atomic E-state index is 10.8. The van der Waals surface area contributed by atoms with Gasteiger partial charge in [-0.15, -0.1) is 11.6 Å². The number of alkyl halides is 1. The van der Waals surface area contributed by atoms with E-state index in [-0.39, 0.29) is 34.9 Å². The molecule has 0 aliphatic heterocycles. The van der Waals surface area contributed by atoms with Crippen LogP contribution >= 0.6 is 11.6 Å².